The van der Waals surface area contributed by atoms with E-state index in [-0.39, 0.29) is 0 Å². The van der Waals surface area contributed by atoms with Crippen LogP contribution in [0.4, 0.5) is 0 Å². The predicted molar refractivity (Wildman–Crippen MR) is 92.9 cm³/mol. The molecule has 0 amide bonds. The van der Waals surface area contributed by atoms with E-state index in [9.17, 15) is 5.11 Å². The van der Waals surface area contributed by atoms with Crippen LogP contribution in [0, 0.1) is 13.8 Å². The average Bonchev–Trinajstić information content (AvgIpc) is 2.47. The molecule has 118 valence electrons. The van der Waals surface area contributed by atoms with Gasteiger partial charge < -0.3 is 5.11 Å². The van der Waals surface area contributed by atoms with Gasteiger partial charge in [-0.15, -0.1) is 0 Å². The normalized spacial score (nSPS) is 12.9. The van der Waals surface area contributed by atoms with E-state index in [0.29, 0.717) is 12.6 Å². The standard InChI is InChI=1S/C20H27NO/c1-15(2)21(13-18-8-6-5-7-9-18)14-20(22)19-11-10-16(3)12-17(19)4/h5-12,15,20,22H,13-14H2,1-4H3. The summed E-state index contributed by atoms with van der Waals surface area (Å²) in [5.74, 6) is 0. The lowest BCUT2D eigenvalue weighted by Crippen LogP contribution is -2.34. The average molecular weight is 297 g/mol. The minimum atomic E-state index is -0.452. The highest BCUT2D eigenvalue weighted by Crippen LogP contribution is 2.21. The van der Waals surface area contributed by atoms with Crippen LogP contribution in [0.2, 0.25) is 0 Å². The van der Waals surface area contributed by atoms with Crippen molar-refractivity contribution < 1.29 is 5.11 Å². The summed E-state index contributed by atoms with van der Waals surface area (Å²) < 4.78 is 0. The van der Waals surface area contributed by atoms with Crippen LogP contribution in [0.25, 0.3) is 0 Å². The first kappa shape index (κ1) is 16.7. The summed E-state index contributed by atoms with van der Waals surface area (Å²) >= 11 is 0. The number of aliphatic hydroxyl groups is 1. The maximum absolute atomic E-state index is 10.6. The van der Waals surface area contributed by atoms with E-state index in [0.717, 1.165) is 17.7 Å². The minimum absolute atomic E-state index is 0.389. The van der Waals surface area contributed by atoms with Crippen LogP contribution in [0.1, 0.15) is 42.2 Å². The fraction of sp³-hybridized carbons (Fsp3) is 0.400. The lowest BCUT2D eigenvalue weighted by Gasteiger charge is -2.29. The third-order valence-corrected chi connectivity index (χ3v) is 4.15. The molecular formula is C20H27NO. The zero-order valence-corrected chi connectivity index (χ0v) is 14.1. The number of nitrogens with zero attached hydrogens (tertiary/aromatic N) is 1. The highest BCUT2D eigenvalue weighted by molar-refractivity contribution is 5.32. The first-order valence-electron chi connectivity index (χ1n) is 8.00. The molecule has 2 heteroatoms. The van der Waals surface area contributed by atoms with Crippen molar-refractivity contribution in [3.63, 3.8) is 0 Å². The van der Waals surface area contributed by atoms with E-state index in [1.807, 2.05) is 6.07 Å². The predicted octanol–water partition coefficient (Wildman–Crippen LogP) is 4.25. The van der Waals surface area contributed by atoms with E-state index in [1.165, 1.54) is 11.1 Å². The SMILES string of the molecule is Cc1ccc(C(O)CN(Cc2ccccc2)C(C)C)c(C)c1. The molecule has 0 radical (unpaired) electrons. The first-order valence-corrected chi connectivity index (χ1v) is 8.00. The summed E-state index contributed by atoms with van der Waals surface area (Å²) in [5.41, 5.74) is 4.71. The molecule has 0 bridgehead atoms. The Labute approximate surface area is 134 Å². The number of rotatable bonds is 6. The fourth-order valence-corrected chi connectivity index (χ4v) is 2.80. The van der Waals surface area contributed by atoms with E-state index >= 15 is 0 Å². The lowest BCUT2D eigenvalue weighted by atomic mass is 10.0. The number of hydrogen-bond donors (Lipinski definition) is 1. The van der Waals surface area contributed by atoms with Crippen molar-refractivity contribution in [1.29, 1.82) is 0 Å². The molecule has 1 atom stereocenters. The van der Waals surface area contributed by atoms with Crippen LogP contribution in [0.3, 0.4) is 0 Å². The molecule has 0 aliphatic heterocycles. The molecule has 0 saturated heterocycles. The summed E-state index contributed by atoms with van der Waals surface area (Å²) in [4.78, 5) is 2.32. The van der Waals surface area contributed by atoms with Crippen LogP contribution >= 0.6 is 0 Å². The van der Waals surface area contributed by atoms with Crippen molar-refractivity contribution in [2.75, 3.05) is 6.54 Å². The van der Waals surface area contributed by atoms with Crippen LogP contribution < -0.4 is 0 Å². The van der Waals surface area contributed by atoms with Crippen molar-refractivity contribution >= 4 is 0 Å². The summed E-state index contributed by atoms with van der Waals surface area (Å²) in [6, 6.07) is 17.1. The van der Waals surface area contributed by atoms with Crippen molar-refractivity contribution in [3.05, 3.63) is 70.8 Å². The molecule has 0 saturated carbocycles. The molecule has 2 aromatic rings. The van der Waals surface area contributed by atoms with Gasteiger partial charge in [-0.2, -0.15) is 0 Å². The third kappa shape index (κ3) is 4.43. The van der Waals surface area contributed by atoms with Crippen LogP contribution in [-0.2, 0) is 6.54 Å². The lowest BCUT2D eigenvalue weighted by molar-refractivity contribution is 0.0904. The summed E-state index contributed by atoms with van der Waals surface area (Å²) in [6.07, 6.45) is -0.452. The van der Waals surface area contributed by atoms with Gasteiger partial charge in [0.25, 0.3) is 0 Å². The Morgan fingerprint density at radius 2 is 1.68 bits per heavy atom. The van der Waals surface area contributed by atoms with Crippen LogP contribution in [0.5, 0.6) is 0 Å². The second-order valence-corrected chi connectivity index (χ2v) is 6.38. The van der Waals surface area contributed by atoms with Crippen LogP contribution in [0.15, 0.2) is 48.5 Å². The van der Waals surface area contributed by atoms with Crippen molar-refractivity contribution in [2.45, 2.75) is 46.4 Å². The number of hydrogen-bond acceptors (Lipinski definition) is 2. The molecule has 0 fully saturated rings. The molecule has 0 aliphatic rings. The number of aliphatic hydroxyl groups excluding tert-OH is 1. The van der Waals surface area contributed by atoms with E-state index < -0.39 is 6.10 Å². The molecule has 2 rings (SSSR count). The van der Waals surface area contributed by atoms with Gasteiger partial charge in [-0.3, -0.25) is 4.90 Å². The molecule has 1 N–H and O–H groups in total. The molecule has 1 unspecified atom stereocenters. The van der Waals surface area contributed by atoms with Crippen molar-refractivity contribution in [1.82, 2.24) is 4.90 Å². The van der Waals surface area contributed by atoms with E-state index in [1.54, 1.807) is 0 Å². The van der Waals surface area contributed by atoms with Gasteiger partial charge in [0.15, 0.2) is 0 Å². The summed E-state index contributed by atoms with van der Waals surface area (Å²) in [7, 11) is 0. The smallest absolute Gasteiger partial charge is 0.0919 e. The zero-order chi connectivity index (χ0) is 16.1. The Morgan fingerprint density at radius 1 is 1.00 bits per heavy atom. The monoisotopic (exact) mass is 297 g/mol. The quantitative estimate of drug-likeness (QED) is 0.861. The second kappa shape index (κ2) is 7.57. The van der Waals surface area contributed by atoms with Gasteiger partial charge in [-0.1, -0.05) is 54.1 Å². The van der Waals surface area contributed by atoms with Gasteiger partial charge in [0.05, 0.1) is 6.10 Å². The molecule has 0 aliphatic carbocycles. The molecule has 0 heterocycles. The van der Waals surface area contributed by atoms with Crippen molar-refractivity contribution in [2.24, 2.45) is 0 Å². The second-order valence-electron chi connectivity index (χ2n) is 6.38. The first-order chi connectivity index (χ1) is 10.5. The molecule has 2 aromatic carbocycles. The highest BCUT2D eigenvalue weighted by atomic mass is 16.3. The largest absolute Gasteiger partial charge is 0.387 e. The van der Waals surface area contributed by atoms with E-state index in [4.69, 9.17) is 0 Å². The van der Waals surface area contributed by atoms with Gasteiger partial charge >= 0.3 is 0 Å². The fourth-order valence-electron chi connectivity index (χ4n) is 2.80. The molecule has 2 nitrogen and oxygen atoms in total. The van der Waals surface area contributed by atoms with Crippen molar-refractivity contribution in [3.8, 4) is 0 Å². The van der Waals surface area contributed by atoms with Gasteiger partial charge in [0.2, 0.25) is 0 Å². The summed E-state index contributed by atoms with van der Waals surface area (Å²) in [6.45, 7) is 10.0. The maximum atomic E-state index is 10.6. The Hall–Kier alpha value is -1.64. The van der Waals surface area contributed by atoms with Gasteiger partial charge in [0.1, 0.15) is 0 Å². The number of benzene rings is 2. The summed E-state index contributed by atoms with van der Waals surface area (Å²) in [5, 5.41) is 10.6. The Morgan fingerprint density at radius 3 is 2.27 bits per heavy atom. The minimum Gasteiger partial charge on any atom is -0.387 e. The van der Waals surface area contributed by atoms with Crippen LogP contribution in [-0.4, -0.2) is 22.6 Å². The Kier molecular flexibility index (Phi) is 5.76. The van der Waals surface area contributed by atoms with Gasteiger partial charge in [-0.25, -0.2) is 0 Å². The zero-order valence-electron chi connectivity index (χ0n) is 14.1. The Balaban J connectivity index is 2.10. The van der Waals surface area contributed by atoms with Gasteiger partial charge in [0, 0.05) is 19.1 Å². The maximum Gasteiger partial charge on any atom is 0.0919 e. The molecule has 22 heavy (non-hydrogen) atoms. The van der Waals surface area contributed by atoms with E-state index in [2.05, 4.69) is 75.1 Å². The third-order valence-electron chi connectivity index (χ3n) is 4.15. The molecular weight excluding hydrogens is 270 g/mol. The molecule has 0 aromatic heterocycles. The number of aryl methyl sites for hydroxylation is 2. The highest BCUT2D eigenvalue weighted by Gasteiger charge is 2.17. The van der Waals surface area contributed by atoms with Gasteiger partial charge in [-0.05, 0) is 44.4 Å². The molecule has 0 spiro atoms. The Bertz CT molecular complexity index is 592. The topological polar surface area (TPSA) is 23.5 Å².